The lowest BCUT2D eigenvalue weighted by Crippen LogP contribution is -2.34. The van der Waals surface area contributed by atoms with Gasteiger partial charge in [-0.1, -0.05) is 57.9 Å². The summed E-state index contributed by atoms with van der Waals surface area (Å²) >= 11 is 3.45. The summed E-state index contributed by atoms with van der Waals surface area (Å²) in [6.45, 7) is 2.13. The number of carbonyl (C=O) groups excluding carboxylic acids is 2. The third kappa shape index (κ3) is 7.08. The van der Waals surface area contributed by atoms with Gasteiger partial charge in [-0.3, -0.25) is 9.59 Å². The molecular weight excluding hydrogens is 458 g/mol. The van der Waals surface area contributed by atoms with E-state index in [1.165, 1.54) is 6.21 Å². The van der Waals surface area contributed by atoms with Crippen molar-refractivity contribution in [2.24, 2.45) is 5.10 Å². The first-order valence-electron chi connectivity index (χ1n) is 9.64. The van der Waals surface area contributed by atoms with Crippen LogP contribution in [0.3, 0.4) is 0 Å². The second kappa shape index (κ2) is 11.1. The zero-order chi connectivity index (χ0) is 22.1. The molecular formula is C24H22BrN3O3. The van der Waals surface area contributed by atoms with Gasteiger partial charge in [0.2, 0.25) is 0 Å². The van der Waals surface area contributed by atoms with Gasteiger partial charge < -0.3 is 10.1 Å². The smallest absolute Gasteiger partial charge is 0.259 e. The predicted molar refractivity (Wildman–Crippen MR) is 124 cm³/mol. The molecule has 31 heavy (non-hydrogen) atoms. The summed E-state index contributed by atoms with van der Waals surface area (Å²) in [6, 6.07) is 22.4. The third-order valence-corrected chi connectivity index (χ3v) is 4.78. The lowest BCUT2D eigenvalue weighted by molar-refractivity contribution is -0.120. The van der Waals surface area contributed by atoms with Crippen molar-refractivity contribution >= 4 is 34.0 Å². The molecule has 2 amide bonds. The van der Waals surface area contributed by atoms with E-state index < -0.39 is 5.91 Å². The number of nitrogens with one attached hydrogen (secondary N) is 2. The minimum absolute atomic E-state index is 0.175. The van der Waals surface area contributed by atoms with Crippen LogP contribution in [0.4, 0.5) is 0 Å². The zero-order valence-electron chi connectivity index (χ0n) is 17.0. The Bertz CT molecular complexity index is 1100. The minimum Gasteiger partial charge on any atom is -0.488 e. The highest BCUT2D eigenvalue weighted by atomic mass is 79.9. The van der Waals surface area contributed by atoms with Crippen LogP contribution in [0.15, 0.2) is 82.4 Å². The van der Waals surface area contributed by atoms with E-state index in [4.69, 9.17) is 4.74 Å². The summed E-state index contributed by atoms with van der Waals surface area (Å²) in [5.74, 6) is -0.0906. The molecule has 6 nitrogen and oxygen atoms in total. The Morgan fingerprint density at radius 3 is 2.65 bits per heavy atom. The first kappa shape index (κ1) is 22.2. The fourth-order valence-electron chi connectivity index (χ4n) is 2.77. The van der Waals surface area contributed by atoms with Gasteiger partial charge in [0.15, 0.2) is 0 Å². The molecule has 158 valence electrons. The number of amides is 2. The number of aryl methyl sites for hydroxylation is 1. The summed E-state index contributed by atoms with van der Waals surface area (Å²) in [4.78, 5) is 24.1. The fourth-order valence-corrected chi connectivity index (χ4v) is 3.22. The monoisotopic (exact) mass is 479 g/mol. The average Bonchev–Trinajstić information content (AvgIpc) is 2.77. The quantitative estimate of drug-likeness (QED) is 0.375. The van der Waals surface area contributed by atoms with Crippen molar-refractivity contribution in [2.75, 3.05) is 6.54 Å². The largest absolute Gasteiger partial charge is 0.488 e. The molecule has 0 aliphatic heterocycles. The van der Waals surface area contributed by atoms with E-state index in [-0.39, 0.29) is 12.5 Å². The van der Waals surface area contributed by atoms with Crippen molar-refractivity contribution in [3.8, 4) is 5.75 Å². The van der Waals surface area contributed by atoms with Crippen LogP contribution in [0.2, 0.25) is 0 Å². The van der Waals surface area contributed by atoms with Gasteiger partial charge in [0.1, 0.15) is 12.4 Å². The standard InChI is InChI=1S/C24H22BrN3O3/c1-17-6-4-9-19(12-17)24(30)26-15-23(29)28-27-14-20-8-2-3-11-22(20)31-16-18-7-5-10-21(25)13-18/h2-14H,15-16H2,1H3,(H,26,30)(H,28,29)/b27-14+. The summed E-state index contributed by atoms with van der Waals surface area (Å²) in [5, 5.41) is 6.55. The number of halogens is 1. The van der Waals surface area contributed by atoms with Crippen LogP contribution in [-0.4, -0.2) is 24.6 Å². The number of hydrazone groups is 1. The molecule has 0 aliphatic rings. The van der Waals surface area contributed by atoms with Gasteiger partial charge in [-0.2, -0.15) is 5.10 Å². The maximum Gasteiger partial charge on any atom is 0.259 e. The molecule has 0 heterocycles. The van der Waals surface area contributed by atoms with E-state index >= 15 is 0 Å². The number of hydrogen-bond acceptors (Lipinski definition) is 4. The molecule has 0 unspecified atom stereocenters. The molecule has 2 N–H and O–H groups in total. The minimum atomic E-state index is -0.426. The lowest BCUT2D eigenvalue weighted by Gasteiger charge is -2.09. The number of rotatable bonds is 8. The fraction of sp³-hybridized carbons (Fsp3) is 0.125. The van der Waals surface area contributed by atoms with Crippen molar-refractivity contribution in [1.29, 1.82) is 0 Å². The van der Waals surface area contributed by atoms with Gasteiger partial charge in [-0.25, -0.2) is 5.43 Å². The molecule has 0 bridgehead atoms. The van der Waals surface area contributed by atoms with Crippen LogP contribution in [0.25, 0.3) is 0 Å². The molecule has 3 rings (SSSR count). The van der Waals surface area contributed by atoms with Crippen molar-refractivity contribution in [1.82, 2.24) is 10.7 Å². The number of nitrogens with zero attached hydrogens (tertiary/aromatic N) is 1. The normalized spacial score (nSPS) is 10.6. The first-order valence-corrected chi connectivity index (χ1v) is 10.4. The summed E-state index contributed by atoms with van der Waals surface area (Å²) in [7, 11) is 0. The Hall–Kier alpha value is -3.45. The highest BCUT2D eigenvalue weighted by molar-refractivity contribution is 9.10. The Morgan fingerprint density at radius 1 is 1.03 bits per heavy atom. The van der Waals surface area contributed by atoms with Gasteiger partial charge in [0, 0.05) is 15.6 Å². The van der Waals surface area contributed by atoms with Crippen molar-refractivity contribution < 1.29 is 14.3 Å². The molecule has 0 spiro atoms. The average molecular weight is 480 g/mol. The van der Waals surface area contributed by atoms with E-state index in [9.17, 15) is 9.59 Å². The Balaban J connectivity index is 1.51. The molecule has 0 aliphatic carbocycles. The summed E-state index contributed by atoms with van der Waals surface area (Å²) in [5.41, 5.74) is 5.64. The van der Waals surface area contributed by atoms with E-state index in [2.05, 4.69) is 31.8 Å². The van der Waals surface area contributed by atoms with Crippen molar-refractivity contribution in [2.45, 2.75) is 13.5 Å². The van der Waals surface area contributed by atoms with Crippen LogP contribution >= 0.6 is 15.9 Å². The van der Waals surface area contributed by atoms with Gasteiger partial charge in [-0.05, 0) is 48.9 Å². The first-order chi connectivity index (χ1) is 15.0. The van der Waals surface area contributed by atoms with Crippen LogP contribution in [0, 0.1) is 6.92 Å². The zero-order valence-corrected chi connectivity index (χ0v) is 18.6. The Labute approximate surface area is 189 Å². The van der Waals surface area contributed by atoms with Crippen LogP contribution < -0.4 is 15.5 Å². The SMILES string of the molecule is Cc1cccc(C(=O)NCC(=O)N/N=C/c2ccccc2OCc2cccc(Br)c2)c1. The second-order valence-corrected chi connectivity index (χ2v) is 7.72. The molecule has 0 atom stereocenters. The number of ether oxygens (including phenoxy) is 1. The van der Waals surface area contributed by atoms with Crippen LogP contribution in [-0.2, 0) is 11.4 Å². The van der Waals surface area contributed by atoms with Crippen molar-refractivity contribution in [3.63, 3.8) is 0 Å². The van der Waals surface area contributed by atoms with Gasteiger partial charge >= 0.3 is 0 Å². The highest BCUT2D eigenvalue weighted by Crippen LogP contribution is 2.19. The van der Waals surface area contributed by atoms with Crippen LogP contribution in [0.5, 0.6) is 5.75 Å². The second-order valence-electron chi connectivity index (χ2n) is 6.80. The van der Waals surface area contributed by atoms with Gasteiger partial charge in [0.25, 0.3) is 11.8 Å². The predicted octanol–water partition coefficient (Wildman–Crippen LogP) is 4.22. The number of para-hydroxylation sites is 1. The molecule has 3 aromatic carbocycles. The molecule has 3 aromatic rings. The topological polar surface area (TPSA) is 79.8 Å². The summed E-state index contributed by atoms with van der Waals surface area (Å²) < 4.78 is 6.88. The number of hydrogen-bond donors (Lipinski definition) is 2. The Morgan fingerprint density at radius 2 is 1.84 bits per heavy atom. The van der Waals surface area contributed by atoms with Crippen LogP contribution in [0.1, 0.15) is 27.0 Å². The molecule has 0 aromatic heterocycles. The van der Waals surface area contributed by atoms with Gasteiger partial charge in [-0.15, -0.1) is 0 Å². The summed E-state index contributed by atoms with van der Waals surface area (Å²) in [6.07, 6.45) is 1.51. The maximum atomic E-state index is 12.1. The number of carbonyl (C=O) groups is 2. The lowest BCUT2D eigenvalue weighted by atomic mass is 10.1. The maximum absolute atomic E-state index is 12.1. The van der Waals surface area contributed by atoms with Crippen molar-refractivity contribution in [3.05, 3.63) is 99.5 Å². The third-order valence-electron chi connectivity index (χ3n) is 4.29. The molecule has 0 fully saturated rings. The molecule has 0 radical (unpaired) electrons. The van der Waals surface area contributed by atoms with Gasteiger partial charge in [0.05, 0.1) is 12.8 Å². The van der Waals surface area contributed by atoms with E-state index in [0.717, 1.165) is 21.2 Å². The Kier molecular flexibility index (Phi) is 7.95. The highest BCUT2D eigenvalue weighted by Gasteiger charge is 2.08. The number of benzene rings is 3. The van der Waals surface area contributed by atoms with E-state index in [0.29, 0.717) is 17.9 Å². The molecule has 7 heteroatoms. The molecule has 0 saturated carbocycles. The van der Waals surface area contributed by atoms with E-state index in [1.807, 2.05) is 61.5 Å². The molecule has 0 saturated heterocycles. The van der Waals surface area contributed by atoms with E-state index in [1.54, 1.807) is 18.2 Å².